The number of ether oxygens (including phenoxy) is 1. The van der Waals surface area contributed by atoms with Crippen molar-refractivity contribution in [2.24, 2.45) is 5.73 Å². The van der Waals surface area contributed by atoms with Crippen LogP contribution in [0.15, 0.2) is 18.2 Å². The number of hydrogen-bond acceptors (Lipinski definition) is 3. The summed E-state index contributed by atoms with van der Waals surface area (Å²) in [5, 5.41) is 0. The number of methoxy groups -OCH3 is 1. The molecule has 4 heteroatoms. The number of nitrogens with zero attached hydrogens (tertiary/aromatic N) is 1. The van der Waals surface area contributed by atoms with Crippen molar-refractivity contribution in [3.8, 4) is 5.75 Å². The Morgan fingerprint density at radius 3 is 2.72 bits per heavy atom. The van der Waals surface area contributed by atoms with Crippen LogP contribution in [0.3, 0.4) is 0 Å². The van der Waals surface area contributed by atoms with Crippen molar-refractivity contribution in [3.63, 3.8) is 0 Å². The van der Waals surface area contributed by atoms with E-state index in [1.807, 2.05) is 19.1 Å². The van der Waals surface area contributed by atoms with E-state index in [4.69, 9.17) is 10.5 Å². The maximum absolute atomic E-state index is 11.7. The van der Waals surface area contributed by atoms with E-state index in [0.29, 0.717) is 6.54 Å². The zero-order chi connectivity index (χ0) is 13.7. The van der Waals surface area contributed by atoms with Crippen LogP contribution in [0, 0.1) is 6.92 Å². The minimum atomic E-state index is -0.450. The Bertz CT molecular complexity index is 416. The summed E-state index contributed by atoms with van der Waals surface area (Å²) in [4.78, 5) is 13.3. The van der Waals surface area contributed by atoms with E-state index < -0.39 is 6.04 Å². The van der Waals surface area contributed by atoms with Crippen molar-refractivity contribution >= 4 is 5.91 Å². The molecule has 0 aromatic heterocycles. The number of rotatable bonds is 5. The van der Waals surface area contributed by atoms with Crippen molar-refractivity contribution < 1.29 is 9.53 Å². The van der Waals surface area contributed by atoms with Crippen LogP contribution in [0.1, 0.15) is 18.1 Å². The fraction of sp³-hybridized carbons (Fsp3) is 0.500. The summed E-state index contributed by atoms with van der Waals surface area (Å²) in [6, 6.07) is 5.61. The largest absolute Gasteiger partial charge is 0.496 e. The van der Waals surface area contributed by atoms with E-state index in [9.17, 15) is 4.79 Å². The zero-order valence-electron chi connectivity index (χ0n) is 11.6. The summed E-state index contributed by atoms with van der Waals surface area (Å²) < 4.78 is 5.31. The van der Waals surface area contributed by atoms with Crippen LogP contribution >= 0.6 is 0 Å². The van der Waals surface area contributed by atoms with Crippen molar-refractivity contribution in [2.75, 3.05) is 20.7 Å². The predicted molar refractivity (Wildman–Crippen MR) is 72.7 cm³/mol. The summed E-state index contributed by atoms with van der Waals surface area (Å²) in [6.45, 7) is 4.38. The van der Waals surface area contributed by atoms with E-state index >= 15 is 0 Å². The molecule has 4 nitrogen and oxygen atoms in total. The molecular formula is C14H22N2O2. The highest BCUT2D eigenvalue weighted by atomic mass is 16.5. The van der Waals surface area contributed by atoms with Crippen LogP contribution in [0.4, 0.5) is 0 Å². The Kier molecular flexibility index (Phi) is 5.16. The van der Waals surface area contributed by atoms with E-state index in [-0.39, 0.29) is 5.91 Å². The Hall–Kier alpha value is -1.55. The van der Waals surface area contributed by atoms with Crippen LogP contribution in [-0.4, -0.2) is 37.6 Å². The van der Waals surface area contributed by atoms with Crippen molar-refractivity contribution in [1.82, 2.24) is 4.90 Å². The van der Waals surface area contributed by atoms with Gasteiger partial charge in [-0.1, -0.05) is 17.7 Å². The van der Waals surface area contributed by atoms with E-state index in [1.54, 1.807) is 26.0 Å². The molecule has 1 rings (SSSR count). The number of amides is 1. The lowest BCUT2D eigenvalue weighted by Gasteiger charge is -2.20. The minimum Gasteiger partial charge on any atom is -0.496 e. The topological polar surface area (TPSA) is 55.6 Å². The van der Waals surface area contributed by atoms with E-state index in [1.165, 1.54) is 5.56 Å². The smallest absolute Gasteiger partial charge is 0.238 e. The predicted octanol–water partition coefficient (Wildman–Crippen LogP) is 1.35. The Labute approximate surface area is 109 Å². The number of aryl methyl sites for hydroxylation is 1. The van der Waals surface area contributed by atoms with Crippen molar-refractivity contribution in [1.29, 1.82) is 0 Å². The van der Waals surface area contributed by atoms with Crippen LogP contribution < -0.4 is 10.5 Å². The van der Waals surface area contributed by atoms with Crippen LogP contribution in [0.2, 0.25) is 0 Å². The summed E-state index contributed by atoms with van der Waals surface area (Å²) >= 11 is 0. The summed E-state index contributed by atoms with van der Waals surface area (Å²) in [7, 11) is 3.43. The third-order valence-corrected chi connectivity index (χ3v) is 2.92. The lowest BCUT2D eigenvalue weighted by atomic mass is 10.1. The number of carbonyl (C=O) groups excluding carboxylic acids is 1. The quantitative estimate of drug-likeness (QED) is 0.858. The molecule has 0 aliphatic carbocycles. The van der Waals surface area contributed by atoms with Gasteiger partial charge >= 0.3 is 0 Å². The van der Waals surface area contributed by atoms with Gasteiger partial charge < -0.3 is 15.4 Å². The van der Waals surface area contributed by atoms with Gasteiger partial charge in [0, 0.05) is 13.6 Å². The molecular weight excluding hydrogens is 228 g/mol. The first-order chi connectivity index (χ1) is 8.45. The molecule has 0 radical (unpaired) electrons. The molecule has 0 fully saturated rings. The molecule has 0 heterocycles. The van der Waals surface area contributed by atoms with Gasteiger partial charge in [-0.2, -0.15) is 0 Å². The number of benzene rings is 1. The molecule has 0 aliphatic heterocycles. The van der Waals surface area contributed by atoms with Gasteiger partial charge in [0.15, 0.2) is 0 Å². The SMILES string of the molecule is COc1ccc(C)cc1CCN(C)C(=O)C(C)N. The second-order valence-electron chi connectivity index (χ2n) is 4.61. The molecule has 0 bridgehead atoms. The third kappa shape index (κ3) is 3.74. The summed E-state index contributed by atoms with van der Waals surface area (Å²) in [5.41, 5.74) is 7.87. The molecule has 1 aromatic carbocycles. The number of nitrogens with two attached hydrogens (primary N) is 1. The third-order valence-electron chi connectivity index (χ3n) is 2.92. The van der Waals surface area contributed by atoms with Crippen molar-refractivity contribution in [3.05, 3.63) is 29.3 Å². The number of likely N-dealkylation sites (N-methyl/N-ethyl adjacent to an activating group) is 1. The number of carbonyl (C=O) groups is 1. The zero-order valence-corrected chi connectivity index (χ0v) is 11.6. The van der Waals surface area contributed by atoms with Gasteiger partial charge in [-0.3, -0.25) is 4.79 Å². The van der Waals surface area contributed by atoms with E-state index in [0.717, 1.165) is 17.7 Å². The molecule has 0 spiro atoms. The molecule has 100 valence electrons. The molecule has 0 saturated carbocycles. The van der Waals surface area contributed by atoms with Crippen LogP contribution in [0.25, 0.3) is 0 Å². The highest BCUT2D eigenvalue weighted by molar-refractivity contribution is 5.80. The second kappa shape index (κ2) is 6.40. The molecule has 1 amide bonds. The Morgan fingerprint density at radius 2 is 2.17 bits per heavy atom. The van der Waals surface area contributed by atoms with Gasteiger partial charge in [0.05, 0.1) is 13.2 Å². The van der Waals surface area contributed by atoms with Gasteiger partial charge in [-0.25, -0.2) is 0 Å². The van der Waals surface area contributed by atoms with Gasteiger partial charge in [0.1, 0.15) is 5.75 Å². The average Bonchev–Trinajstić information content (AvgIpc) is 2.35. The minimum absolute atomic E-state index is 0.0402. The Morgan fingerprint density at radius 1 is 1.50 bits per heavy atom. The maximum atomic E-state index is 11.7. The number of hydrogen-bond donors (Lipinski definition) is 1. The highest BCUT2D eigenvalue weighted by Crippen LogP contribution is 2.20. The average molecular weight is 250 g/mol. The lowest BCUT2D eigenvalue weighted by Crippen LogP contribution is -2.40. The van der Waals surface area contributed by atoms with Crippen molar-refractivity contribution in [2.45, 2.75) is 26.3 Å². The maximum Gasteiger partial charge on any atom is 0.238 e. The van der Waals surface area contributed by atoms with Gasteiger partial charge in [-0.15, -0.1) is 0 Å². The molecule has 1 aromatic rings. The monoisotopic (exact) mass is 250 g/mol. The molecule has 1 unspecified atom stereocenters. The Balaban J connectivity index is 2.68. The van der Waals surface area contributed by atoms with Crippen LogP contribution in [-0.2, 0) is 11.2 Å². The van der Waals surface area contributed by atoms with E-state index in [2.05, 4.69) is 6.07 Å². The fourth-order valence-corrected chi connectivity index (χ4v) is 1.85. The molecule has 18 heavy (non-hydrogen) atoms. The molecule has 2 N–H and O–H groups in total. The first kappa shape index (κ1) is 14.5. The highest BCUT2D eigenvalue weighted by Gasteiger charge is 2.13. The first-order valence-corrected chi connectivity index (χ1v) is 6.09. The lowest BCUT2D eigenvalue weighted by molar-refractivity contribution is -0.130. The molecule has 0 aliphatic rings. The van der Waals surface area contributed by atoms with Gasteiger partial charge in [-0.05, 0) is 31.9 Å². The van der Waals surface area contributed by atoms with Gasteiger partial charge in [0.2, 0.25) is 5.91 Å². The second-order valence-corrected chi connectivity index (χ2v) is 4.61. The van der Waals surface area contributed by atoms with Crippen LogP contribution in [0.5, 0.6) is 5.75 Å². The molecule has 0 saturated heterocycles. The fourth-order valence-electron chi connectivity index (χ4n) is 1.85. The molecule has 1 atom stereocenters. The van der Waals surface area contributed by atoms with Gasteiger partial charge in [0.25, 0.3) is 0 Å². The standard InChI is InChI=1S/C14H22N2O2/c1-10-5-6-13(18-4)12(9-10)7-8-16(3)14(17)11(2)15/h5-6,9,11H,7-8,15H2,1-4H3. The normalized spacial score (nSPS) is 12.1. The summed E-state index contributed by atoms with van der Waals surface area (Å²) in [6.07, 6.45) is 0.764. The summed E-state index contributed by atoms with van der Waals surface area (Å²) in [5.74, 6) is 0.823. The first-order valence-electron chi connectivity index (χ1n) is 6.09.